The molecule has 2 atom stereocenters. The fourth-order valence-electron chi connectivity index (χ4n) is 3.02. The van der Waals surface area contributed by atoms with Gasteiger partial charge in [0.25, 0.3) is 0 Å². The van der Waals surface area contributed by atoms with E-state index in [-0.39, 0.29) is 0 Å². The summed E-state index contributed by atoms with van der Waals surface area (Å²) in [5.74, 6) is 0.438. The van der Waals surface area contributed by atoms with Gasteiger partial charge in [-0.3, -0.25) is 0 Å². The quantitative estimate of drug-likeness (QED) is 0.806. The normalized spacial score (nSPS) is 29.6. The van der Waals surface area contributed by atoms with Crippen LogP contribution in [0, 0.1) is 19.8 Å². The monoisotopic (exact) mass is 218 g/mol. The first-order chi connectivity index (χ1) is 7.49. The molecule has 0 saturated heterocycles. The van der Waals surface area contributed by atoms with Crippen LogP contribution in [0.4, 0.5) is 0 Å². The van der Waals surface area contributed by atoms with Gasteiger partial charge < -0.3 is 5.11 Å². The molecule has 2 rings (SSSR count). The summed E-state index contributed by atoms with van der Waals surface area (Å²) in [6.45, 7) is 6.42. The molecule has 1 aromatic carbocycles. The summed E-state index contributed by atoms with van der Waals surface area (Å²) in [4.78, 5) is 0. The fraction of sp³-hybridized carbons (Fsp3) is 0.600. The molecule has 88 valence electrons. The maximum absolute atomic E-state index is 10.6. The topological polar surface area (TPSA) is 20.2 Å². The Kier molecular flexibility index (Phi) is 3.07. The first kappa shape index (κ1) is 11.7. The van der Waals surface area contributed by atoms with Crippen molar-refractivity contribution in [2.75, 3.05) is 0 Å². The van der Waals surface area contributed by atoms with E-state index in [0.717, 1.165) is 12.8 Å². The second-order valence-electron chi connectivity index (χ2n) is 5.57. The van der Waals surface area contributed by atoms with Crippen LogP contribution in [0.2, 0.25) is 0 Å². The molecule has 0 aromatic heterocycles. The van der Waals surface area contributed by atoms with Crippen LogP contribution in [0.3, 0.4) is 0 Å². The molecular weight excluding hydrogens is 196 g/mol. The zero-order valence-corrected chi connectivity index (χ0v) is 10.6. The summed E-state index contributed by atoms with van der Waals surface area (Å²) in [7, 11) is 0. The van der Waals surface area contributed by atoms with Gasteiger partial charge in [-0.2, -0.15) is 0 Å². The van der Waals surface area contributed by atoms with Gasteiger partial charge in [-0.15, -0.1) is 0 Å². The lowest BCUT2D eigenvalue weighted by molar-refractivity contribution is 0.00958. The summed E-state index contributed by atoms with van der Waals surface area (Å²) < 4.78 is 0. The van der Waals surface area contributed by atoms with Crippen molar-refractivity contribution < 1.29 is 5.11 Å². The third-order valence-electron chi connectivity index (χ3n) is 3.96. The molecule has 16 heavy (non-hydrogen) atoms. The lowest BCUT2D eigenvalue weighted by atomic mass is 9.85. The van der Waals surface area contributed by atoms with Crippen molar-refractivity contribution in [2.24, 2.45) is 5.92 Å². The van der Waals surface area contributed by atoms with Gasteiger partial charge in [0.15, 0.2) is 0 Å². The average molecular weight is 218 g/mol. The molecule has 1 heteroatoms. The Hall–Kier alpha value is -0.820. The number of aryl methyl sites for hydroxylation is 2. The molecule has 1 nitrogen and oxygen atoms in total. The molecule has 0 radical (unpaired) electrons. The van der Waals surface area contributed by atoms with E-state index < -0.39 is 5.60 Å². The van der Waals surface area contributed by atoms with Crippen molar-refractivity contribution in [1.82, 2.24) is 0 Å². The molecule has 1 saturated carbocycles. The summed E-state index contributed by atoms with van der Waals surface area (Å²) in [5.41, 5.74) is 3.42. The molecule has 0 heterocycles. The highest BCUT2D eigenvalue weighted by atomic mass is 16.3. The van der Waals surface area contributed by atoms with Crippen LogP contribution in [0.15, 0.2) is 18.2 Å². The summed E-state index contributed by atoms with van der Waals surface area (Å²) in [6, 6.07) is 6.59. The van der Waals surface area contributed by atoms with Crippen molar-refractivity contribution >= 4 is 0 Å². The number of aliphatic hydroxyl groups is 1. The number of rotatable bonds is 2. The maximum Gasteiger partial charge on any atom is 0.0713 e. The van der Waals surface area contributed by atoms with Gasteiger partial charge in [0, 0.05) is 6.42 Å². The van der Waals surface area contributed by atoms with E-state index in [0.29, 0.717) is 5.92 Å². The minimum Gasteiger partial charge on any atom is -0.389 e. The Morgan fingerprint density at radius 1 is 1.25 bits per heavy atom. The second kappa shape index (κ2) is 4.21. The molecular formula is C15H22O. The Bertz CT molecular complexity index is 363. The van der Waals surface area contributed by atoms with Gasteiger partial charge in [-0.25, -0.2) is 0 Å². The van der Waals surface area contributed by atoms with Crippen molar-refractivity contribution in [1.29, 1.82) is 0 Å². The average Bonchev–Trinajstić information content (AvgIpc) is 2.44. The van der Waals surface area contributed by atoms with E-state index in [2.05, 4.69) is 39.0 Å². The largest absolute Gasteiger partial charge is 0.389 e. The van der Waals surface area contributed by atoms with Gasteiger partial charge in [0.1, 0.15) is 0 Å². The molecule has 0 aliphatic heterocycles. The molecule has 1 aliphatic carbocycles. The number of hydrogen-bond acceptors (Lipinski definition) is 1. The van der Waals surface area contributed by atoms with E-state index in [1.54, 1.807) is 0 Å². The standard InChI is InChI=1S/C15H22O/c1-11-7-12(2)9-14(8-11)10-15(16)6-4-5-13(15)3/h7-9,13,16H,4-6,10H2,1-3H3. The van der Waals surface area contributed by atoms with Gasteiger partial charge >= 0.3 is 0 Å². The lowest BCUT2D eigenvalue weighted by Crippen LogP contribution is -2.34. The molecule has 0 spiro atoms. The highest BCUT2D eigenvalue weighted by Crippen LogP contribution is 2.37. The number of hydrogen-bond donors (Lipinski definition) is 1. The van der Waals surface area contributed by atoms with Crippen LogP contribution >= 0.6 is 0 Å². The predicted octanol–water partition coefficient (Wildman–Crippen LogP) is 3.40. The van der Waals surface area contributed by atoms with Crippen molar-refractivity contribution in [3.8, 4) is 0 Å². The van der Waals surface area contributed by atoms with Crippen LogP contribution in [-0.4, -0.2) is 10.7 Å². The summed E-state index contributed by atoms with van der Waals surface area (Å²) in [5, 5.41) is 10.6. The van der Waals surface area contributed by atoms with E-state index >= 15 is 0 Å². The molecule has 1 N–H and O–H groups in total. The van der Waals surface area contributed by atoms with Gasteiger partial charge in [0.05, 0.1) is 5.60 Å². The zero-order chi connectivity index (χ0) is 11.8. The van der Waals surface area contributed by atoms with Gasteiger partial charge in [-0.05, 0) is 38.2 Å². The Morgan fingerprint density at radius 3 is 2.38 bits per heavy atom. The first-order valence-electron chi connectivity index (χ1n) is 6.29. The van der Waals surface area contributed by atoms with Gasteiger partial charge in [0.2, 0.25) is 0 Å². The molecule has 1 fully saturated rings. The maximum atomic E-state index is 10.6. The van der Waals surface area contributed by atoms with Crippen molar-refractivity contribution in [3.05, 3.63) is 34.9 Å². The highest BCUT2D eigenvalue weighted by Gasteiger charge is 2.37. The van der Waals surface area contributed by atoms with E-state index in [4.69, 9.17) is 0 Å². The van der Waals surface area contributed by atoms with Crippen LogP contribution in [0.25, 0.3) is 0 Å². The first-order valence-corrected chi connectivity index (χ1v) is 6.29. The smallest absolute Gasteiger partial charge is 0.0713 e. The highest BCUT2D eigenvalue weighted by molar-refractivity contribution is 5.29. The minimum atomic E-state index is -0.458. The molecule has 0 bridgehead atoms. The van der Waals surface area contributed by atoms with Gasteiger partial charge in [-0.1, -0.05) is 42.7 Å². The minimum absolute atomic E-state index is 0.438. The SMILES string of the molecule is Cc1cc(C)cc(CC2(O)CCCC2C)c1. The van der Waals surface area contributed by atoms with Crippen molar-refractivity contribution in [3.63, 3.8) is 0 Å². The third kappa shape index (κ3) is 2.30. The summed E-state index contributed by atoms with van der Waals surface area (Å²) >= 11 is 0. The Balaban J connectivity index is 2.20. The van der Waals surface area contributed by atoms with E-state index in [1.807, 2.05) is 0 Å². The van der Waals surface area contributed by atoms with Crippen LogP contribution < -0.4 is 0 Å². The van der Waals surface area contributed by atoms with E-state index in [1.165, 1.54) is 29.5 Å². The molecule has 1 aromatic rings. The third-order valence-corrected chi connectivity index (χ3v) is 3.96. The van der Waals surface area contributed by atoms with Crippen LogP contribution in [0.5, 0.6) is 0 Å². The predicted molar refractivity (Wildman–Crippen MR) is 67.6 cm³/mol. The Labute approximate surface area is 98.5 Å². The zero-order valence-electron chi connectivity index (χ0n) is 10.6. The molecule has 0 amide bonds. The summed E-state index contributed by atoms with van der Waals surface area (Å²) in [6.07, 6.45) is 4.11. The molecule has 2 unspecified atom stereocenters. The van der Waals surface area contributed by atoms with Crippen LogP contribution in [0.1, 0.15) is 42.9 Å². The van der Waals surface area contributed by atoms with Crippen molar-refractivity contribution in [2.45, 2.75) is 52.1 Å². The Morgan fingerprint density at radius 2 is 1.88 bits per heavy atom. The van der Waals surface area contributed by atoms with Crippen LogP contribution in [-0.2, 0) is 6.42 Å². The lowest BCUT2D eigenvalue weighted by Gasteiger charge is -2.28. The second-order valence-corrected chi connectivity index (χ2v) is 5.57. The fourth-order valence-corrected chi connectivity index (χ4v) is 3.02. The van der Waals surface area contributed by atoms with E-state index in [9.17, 15) is 5.11 Å². The molecule has 1 aliphatic rings. The number of benzene rings is 1.